The summed E-state index contributed by atoms with van der Waals surface area (Å²) in [6, 6.07) is 30.3. The molecule has 0 spiro atoms. The van der Waals surface area contributed by atoms with E-state index in [0.29, 0.717) is 36.6 Å². The fraction of sp³-hybridized carbons (Fsp3) is 0.133. The van der Waals surface area contributed by atoms with Gasteiger partial charge in [0.2, 0.25) is 0 Å². The van der Waals surface area contributed by atoms with Crippen LogP contribution in [-0.4, -0.2) is 26.0 Å². The molecule has 0 radical (unpaired) electrons. The highest BCUT2D eigenvalue weighted by molar-refractivity contribution is 7.90. The van der Waals surface area contributed by atoms with Crippen molar-refractivity contribution >= 4 is 20.9 Å². The molecule has 5 aromatic rings. The predicted molar refractivity (Wildman–Crippen MR) is 146 cm³/mol. The van der Waals surface area contributed by atoms with E-state index in [9.17, 15) is 8.42 Å². The molecular weight excluding hydrogens is 484 g/mol. The SMILES string of the molecule is COc1ccc(S(=O)(=O)n2cc(CCN)c3cc(OCc4ccc(-c5ccccc5)cc4)ccc32)cc1. The Kier molecular flexibility index (Phi) is 6.99. The molecule has 0 fully saturated rings. The number of nitrogens with two attached hydrogens (primary N) is 1. The van der Waals surface area contributed by atoms with Crippen molar-refractivity contribution in [3.05, 3.63) is 114 Å². The minimum Gasteiger partial charge on any atom is -0.497 e. The van der Waals surface area contributed by atoms with E-state index in [4.69, 9.17) is 15.2 Å². The van der Waals surface area contributed by atoms with Crippen LogP contribution in [0.2, 0.25) is 0 Å². The van der Waals surface area contributed by atoms with Crippen LogP contribution in [0, 0.1) is 0 Å². The van der Waals surface area contributed by atoms with E-state index in [0.717, 1.165) is 22.1 Å². The van der Waals surface area contributed by atoms with Crippen molar-refractivity contribution in [1.29, 1.82) is 0 Å². The first-order valence-corrected chi connectivity index (χ1v) is 13.4. The van der Waals surface area contributed by atoms with E-state index in [2.05, 4.69) is 36.4 Å². The lowest BCUT2D eigenvalue weighted by atomic mass is 10.0. The Morgan fingerprint density at radius 3 is 2.16 bits per heavy atom. The molecule has 0 amide bonds. The Hall–Kier alpha value is -4.07. The van der Waals surface area contributed by atoms with Gasteiger partial charge in [-0.15, -0.1) is 0 Å². The highest BCUT2D eigenvalue weighted by Crippen LogP contribution is 2.30. The standard InChI is InChI=1S/C30H28N2O4S/c1-35-26-11-14-28(15-12-26)37(33,34)32-20-25(17-18-31)29-19-27(13-16-30(29)32)36-21-22-7-9-24(10-8-22)23-5-3-2-4-6-23/h2-16,19-20H,17-18,21,31H2,1H3. The van der Waals surface area contributed by atoms with E-state index in [1.807, 2.05) is 24.3 Å². The van der Waals surface area contributed by atoms with Gasteiger partial charge < -0.3 is 15.2 Å². The molecule has 7 heteroatoms. The van der Waals surface area contributed by atoms with Gasteiger partial charge in [-0.05, 0) is 77.7 Å². The maximum atomic E-state index is 13.5. The molecule has 4 aromatic carbocycles. The number of methoxy groups -OCH3 is 1. The van der Waals surface area contributed by atoms with Crippen LogP contribution < -0.4 is 15.2 Å². The van der Waals surface area contributed by atoms with Gasteiger partial charge in [-0.2, -0.15) is 0 Å². The van der Waals surface area contributed by atoms with Gasteiger partial charge in [0, 0.05) is 11.6 Å². The number of hydrogen-bond donors (Lipinski definition) is 1. The number of rotatable bonds is 9. The highest BCUT2D eigenvalue weighted by atomic mass is 32.2. The zero-order chi connectivity index (χ0) is 25.8. The molecule has 0 aliphatic carbocycles. The number of aromatic nitrogens is 1. The average Bonchev–Trinajstić information content (AvgIpc) is 3.31. The first-order valence-electron chi connectivity index (χ1n) is 12.0. The Bertz CT molecular complexity index is 1610. The number of ether oxygens (including phenoxy) is 2. The van der Waals surface area contributed by atoms with Crippen molar-refractivity contribution in [3.63, 3.8) is 0 Å². The molecule has 0 bridgehead atoms. The third kappa shape index (κ3) is 5.09. The van der Waals surface area contributed by atoms with Gasteiger partial charge >= 0.3 is 0 Å². The molecule has 188 valence electrons. The zero-order valence-corrected chi connectivity index (χ0v) is 21.3. The number of hydrogen-bond acceptors (Lipinski definition) is 5. The molecule has 6 nitrogen and oxygen atoms in total. The van der Waals surface area contributed by atoms with Crippen LogP contribution in [0.3, 0.4) is 0 Å². The van der Waals surface area contributed by atoms with Crippen molar-refractivity contribution in [2.45, 2.75) is 17.9 Å². The second kappa shape index (κ2) is 10.5. The molecule has 37 heavy (non-hydrogen) atoms. The van der Waals surface area contributed by atoms with Gasteiger partial charge in [0.15, 0.2) is 0 Å². The Morgan fingerprint density at radius 2 is 1.49 bits per heavy atom. The van der Waals surface area contributed by atoms with E-state index in [-0.39, 0.29) is 4.90 Å². The molecule has 0 unspecified atom stereocenters. The molecule has 5 rings (SSSR count). The summed E-state index contributed by atoms with van der Waals surface area (Å²) >= 11 is 0. The number of fused-ring (bicyclic) bond motifs is 1. The third-order valence-electron chi connectivity index (χ3n) is 6.32. The molecule has 0 saturated heterocycles. The fourth-order valence-corrected chi connectivity index (χ4v) is 5.73. The van der Waals surface area contributed by atoms with Gasteiger partial charge in [-0.1, -0.05) is 54.6 Å². The second-order valence-corrected chi connectivity index (χ2v) is 10.5. The Balaban J connectivity index is 1.40. The van der Waals surface area contributed by atoms with Crippen molar-refractivity contribution < 1.29 is 17.9 Å². The summed E-state index contributed by atoms with van der Waals surface area (Å²) in [6.45, 7) is 0.804. The first-order chi connectivity index (χ1) is 18.0. The topological polar surface area (TPSA) is 83.6 Å². The molecule has 1 aromatic heterocycles. The Labute approximate surface area is 216 Å². The Morgan fingerprint density at radius 1 is 0.811 bits per heavy atom. The molecule has 0 aliphatic rings. The number of nitrogens with zero attached hydrogens (tertiary/aromatic N) is 1. The molecular formula is C30H28N2O4S. The van der Waals surface area contributed by atoms with E-state index >= 15 is 0 Å². The zero-order valence-electron chi connectivity index (χ0n) is 20.5. The van der Waals surface area contributed by atoms with Gasteiger partial charge in [0.25, 0.3) is 10.0 Å². The lowest BCUT2D eigenvalue weighted by Crippen LogP contribution is -2.12. The van der Waals surface area contributed by atoms with Crippen LogP contribution in [0.5, 0.6) is 11.5 Å². The smallest absolute Gasteiger partial charge is 0.268 e. The monoisotopic (exact) mass is 512 g/mol. The summed E-state index contributed by atoms with van der Waals surface area (Å²) in [7, 11) is -2.26. The quantitative estimate of drug-likeness (QED) is 0.277. The molecule has 1 heterocycles. The van der Waals surface area contributed by atoms with Crippen LogP contribution in [0.1, 0.15) is 11.1 Å². The van der Waals surface area contributed by atoms with Crippen molar-refractivity contribution in [2.75, 3.05) is 13.7 Å². The summed E-state index contributed by atoms with van der Waals surface area (Å²) in [5, 5.41) is 0.805. The van der Waals surface area contributed by atoms with Crippen molar-refractivity contribution in [2.24, 2.45) is 5.73 Å². The van der Waals surface area contributed by atoms with Crippen molar-refractivity contribution in [3.8, 4) is 22.6 Å². The van der Waals surface area contributed by atoms with Crippen LogP contribution >= 0.6 is 0 Å². The van der Waals surface area contributed by atoms with Crippen LogP contribution in [-0.2, 0) is 23.1 Å². The molecule has 0 saturated carbocycles. The summed E-state index contributed by atoms with van der Waals surface area (Å²) in [5.41, 5.74) is 10.6. The lowest BCUT2D eigenvalue weighted by Gasteiger charge is -2.10. The fourth-order valence-electron chi connectivity index (χ4n) is 4.34. The maximum absolute atomic E-state index is 13.5. The molecule has 0 atom stereocenters. The first kappa shape index (κ1) is 24.6. The normalized spacial score (nSPS) is 11.5. The van der Waals surface area contributed by atoms with E-state index < -0.39 is 10.0 Å². The second-order valence-electron chi connectivity index (χ2n) is 8.70. The molecule has 0 aliphatic heterocycles. The average molecular weight is 513 g/mol. The third-order valence-corrected chi connectivity index (χ3v) is 8.01. The van der Waals surface area contributed by atoms with Gasteiger partial charge in [0.1, 0.15) is 18.1 Å². The minimum absolute atomic E-state index is 0.184. The number of benzene rings is 4. The lowest BCUT2D eigenvalue weighted by molar-refractivity contribution is 0.306. The summed E-state index contributed by atoms with van der Waals surface area (Å²) in [5.74, 6) is 1.26. The minimum atomic E-state index is -3.80. The van der Waals surface area contributed by atoms with Crippen LogP contribution in [0.15, 0.2) is 108 Å². The van der Waals surface area contributed by atoms with Gasteiger partial charge in [-0.3, -0.25) is 0 Å². The summed E-state index contributed by atoms with van der Waals surface area (Å²) in [4.78, 5) is 0.184. The highest BCUT2D eigenvalue weighted by Gasteiger charge is 2.21. The van der Waals surface area contributed by atoms with E-state index in [1.165, 1.54) is 9.54 Å². The predicted octanol–water partition coefficient (Wildman–Crippen LogP) is 5.63. The maximum Gasteiger partial charge on any atom is 0.268 e. The van der Waals surface area contributed by atoms with Gasteiger partial charge in [-0.25, -0.2) is 12.4 Å². The largest absolute Gasteiger partial charge is 0.497 e. The summed E-state index contributed by atoms with van der Waals surface area (Å²) < 4.78 is 39.5. The van der Waals surface area contributed by atoms with Crippen molar-refractivity contribution in [1.82, 2.24) is 3.97 Å². The molecule has 2 N–H and O–H groups in total. The van der Waals surface area contributed by atoms with E-state index in [1.54, 1.807) is 49.7 Å². The van der Waals surface area contributed by atoms with Gasteiger partial charge in [0.05, 0.1) is 17.5 Å². The summed E-state index contributed by atoms with van der Waals surface area (Å²) in [6.07, 6.45) is 2.20. The van der Waals surface area contributed by atoms with Crippen LogP contribution in [0.4, 0.5) is 0 Å². The van der Waals surface area contributed by atoms with Crippen LogP contribution in [0.25, 0.3) is 22.0 Å².